The van der Waals surface area contributed by atoms with Crippen LogP contribution >= 0.6 is 11.6 Å². The average molecular weight is 296 g/mol. The van der Waals surface area contributed by atoms with Gasteiger partial charge in [-0.3, -0.25) is 0 Å². The van der Waals surface area contributed by atoms with Crippen LogP contribution in [0.25, 0.3) is 0 Å². The number of halogens is 1. The lowest BCUT2D eigenvalue weighted by atomic mass is 9.82. The fourth-order valence-electron chi connectivity index (χ4n) is 3.02. The first-order valence-corrected chi connectivity index (χ1v) is 7.77. The first kappa shape index (κ1) is 14.2. The maximum atomic E-state index is 6.18. The van der Waals surface area contributed by atoms with E-state index in [1.165, 1.54) is 11.1 Å². The molecule has 110 valence electrons. The zero-order chi connectivity index (χ0) is 14.0. The third-order valence-corrected chi connectivity index (χ3v) is 4.61. The number of hydrogen-bond acceptors (Lipinski definition) is 3. The molecule has 0 aliphatic carbocycles. The number of rotatable bonds is 4. The van der Waals surface area contributed by atoms with E-state index in [1.807, 2.05) is 12.1 Å². The van der Waals surface area contributed by atoms with Crippen LogP contribution in [0.15, 0.2) is 12.1 Å². The Morgan fingerprint density at radius 1 is 1.25 bits per heavy atom. The molecule has 0 amide bonds. The van der Waals surface area contributed by atoms with E-state index in [0.29, 0.717) is 5.41 Å². The van der Waals surface area contributed by atoms with Crippen LogP contribution in [0.4, 0.5) is 0 Å². The molecule has 4 heteroatoms. The van der Waals surface area contributed by atoms with Crippen molar-refractivity contribution in [3.8, 4) is 5.75 Å². The van der Waals surface area contributed by atoms with Gasteiger partial charge in [0, 0.05) is 43.3 Å². The lowest BCUT2D eigenvalue weighted by Crippen LogP contribution is -2.36. The molecule has 0 spiro atoms. The van der Waals surface area contributed by atoms with Crippen LogP contribution < -0.4 is 10.1 Å². The van der Waals surface area contributed by atoms with Crippen molar-refractivity contribution in [1.29, 1.82) is 0 Å². The first-order valence-electron chi connectivity index (χ1n) is 7.39. The van der Waals surface area contributed by atoms with Crippen LogP contribution in [-0.4, -0.2) is 26.4 Å². The lowest BCUT2D eigenvalue weighted by Gasteiger charge is -2.33. The SMILES string of the molecule is CC1(CNCc2cc(Cl)cc3c2OCC3)CCOCC1. The molecule has 1 aromatic rings. The molecule has 20 heavy (non-hydrogen) atoms. The third kappa shape index (κ3) is 3.11. The second-order valence-corrected chi connectivity index (χ2v) is 6.61. The van der Waals surface area contributed by atoms with E-state index >= 15 is 0 Å². The fraction of sp³-hybridized carbons (Fsp3) is 0.625. The monoisotopic (exact) mass is 295 g/mol. The van der Waals surface area contributed by atoms with E-state index in [0.717, 1.165) is 62.9 Å². The molecule has 0 saturated carbocycles. The van der Waals surface area contributed by atoms with E-state index in [1.54, 1.807) is 0 Å². The molecule has 1 aromatic carbocycles. The summed E-state index contributed by atoms with van der Waals surface area (Å²) in [5.74, 6) is 1.04. The van der Waals surface area contributed by atoms with Gasteiger partial charge in [0.1, 0.15) is 5.75 Å². The second-order valence-electron chi connectivity index (χ2n) is 6.18. The van der Waals surface area contributed by atoms with Gasteiger partial charge in [-0.1, -0.05) is 18.5 Å². The van der Waals surface area contributed by atoms with Gasteiger partial charge in [-0.05, 0) is 36.0 Å². The molecule has 3 nitrogen and oxygen atoms in total. The second kappa shape index (κ2) is 5.92. The van der Waals surface area contributed by atoms with Gasteiger partial charge in [0.05, 0.1) is 6.61 Å². The van der Waals surface area contributed by atoms with Gasteiger partial charge < -0.3 is 14.8 Å². The molecular formula is C16H22ClNO2. The Morgan fingerprint density at radius 2 is 2.05 bits per heavy atom. The number of ether oxygens (including phenoxy) is 2. The molecule has 1 fully saturated rings. The van der Waals surface area contributed by atoms with Crippen LogP contribution in [0.5, 0.6) is 5.75 Å². The summed E-state index contributed by atoms with van der Waals surface area (Å²) >= 11 is 6.18. The Bertz CT molecular complexity index is 484. The Balaban J connectivity index is 1.61. The zero-order valence-electron chi connectivity index (χ0n) is 12.0. The normalized spacial score (nSPS) is 20.5. The van der Waals surface area contributed by atoms with Crippen molar-refractivity contribution in [3.05, 3.63) is 28.3 Å². The predicted molar refractivity (Wildman–Crippen MR) is 80.5 cm³/mol. The molecule has 0 bridgehead atoms. The summed E-state index contributed by atoms with van der Waals surface area (Å²) in [6.07, 6.45) is 3.23. The van der Waals surface area contributed by atoms with E-state index in [-0.39, 0.29) is 0 Å². The molecule has 1 N–H and O–H groups in total. The van der Waals surface area contributed by atoms with E-state index in [4.69, 9.17) is 21.1 Å². The maximum Gasteiger partial charge on any atom is 0.127 e. The maximum absolute atomic E-state index is 6.18. The Labute approximate surface area is 125 Å². The highest BCUT2D eigenvalue weighted by atomic mass is 35.5. The molecule has 0 unspecified atom stereocenters. The number of fused-ring (bicyclic) bond motifs is 1. The number of hydrogen-bond donors (Lipinski definition) is 1. The number of nitrogens with one attached hydrogen (secondary N) is 1. The molecule has 0 atom stereocenters. The van der Waals surface area contributed by atoms with Crippen molar-refractivity contribution in [2.24, 2.45) is 5.41 Å². The van der Waals surface area contributed by atoms with Crippen molar-refractivity contribution in [3.63, 3.8) is 0 Å². The standard InChI is InChI=1S/C16H22ClNO2/c1-16(3-6-19-7-4-16)11-18-10-13-9-14(17)8-12-2-5-20-15(12)13/h8-9,18H,2-7,10-11H2,1H3. The predicted octanol–water partition coefficient (Wildman–Crippen LogP) is 3.18. The minimum atomic E-state index is 0.348. The summed E-state index contributed by atoms with van der Waals surface area (Å²) in [4.78, 5) is 0. The summed E-state index contributed by atoms with van der Waals surface area (Å²) < 4.78 is 11.2. The Morgan fingerprint density at radius 3 is 2.85 bits per heavy atom. The van der Waals surface area contributed by atoms with E-state index < -0.39 is 0 Å². The van der Waals surface area contributed by atoms with Crippen molar-refractivity contribution in [2.75, 3.05) is 26.4 Å². The summed E-state index contributed by atoms with van der Waals surface area (Å²) in [6, 6.07) is 4.04. The van der Waals surface area contributed by atoms with Gasteiger partial charge in [0.2, 0.25) is 0 Å². The van der Waals surface area contributed by atoms with Crippen molar-refractivity contribution in [2.45, 2.75) is 32.7 Å². The summed E-state index contributed by atoms with van der Waals surface area (Å²) in [5, 5.41) is 4.38. The van der Waals surface area contributed by atoms with Crippen LogP contribution in [0, 0.1) is 5.41 Å². The lowest BCUT2D eigenvalue weighted by molar-refractivity contribution is 0.0240. The van der Waals surface area contributed by atoms with Crippen molar-refractivity contribution < 1.29 is 9.47 Å². The van der Waals surface area contributed by atoms with Crippen LogP contribution in [0.3, 0.4) is 0 Å². The summed E-state index contributed by atoms with van der Waals surface area (Å²) in [6.45, 7) is 6.71. The largest absolute Gasteiger partial charge is 0.493 e. The zero-order valence-corrected chi connectivity index (χ0v) is 12.8. The minimum Gasteiger partial charge on any atom is -0.493 e. The highest BCUT2D eigenvalue weighted by Gasteiger charge is 2.27. The van der Waals surface area contributed by atoms with Crippen LogP contribution in [0.2, 0.25) is 5.02 Å². The van der Waals surface area contributed by atoms with Crippen molar-refractivity contribution >= 4 is 11.6 Å². The van der Waals surface area contributed by atoms with Gasteiger partial charge in [-0.25, -0.2) is 0 Å². The fourth-order valence-corrected chi connectivity index (χ4v) is 3.28. The molecule has 2 heterocycles. The molecule has 2 aliphatic rings. The molecule has 0 aromatic heterocycles. The highest BCUT2D eigenvalue weighted by Crippen LogP contribution is 2.33. The topological polar surface area (TPSA) is 30.5 Å². The van der Waals surface area contributed by atoms with E-state index in [2.05, 4.69) is 12.2 Å². The van der Waals surface area contributed by atoms with Crippen LogP contribution in [-0.2, 0) is 17.7 Å². The third-order valence-electron chi connectivity index (χ3n) is 4.39. The molecule has 0 radical (unpaired) electrons. The minimum absolute atomic E-state index is 0.348. The summed E-state index contributed by atoms with van der Waals surface area (Å²) in [7, 11) is 0. The Kier molecular flexibility index (Phi) is 4.20. The van der Waals surface area contributed by atoms with Gasteiger partial charge in [0.25, 0.3) is 0 Å². The summed E-state index contributed by atoms with van der Waals surface area (Å²) in [5.41, 5.74) is 2.77. The first-order chi connectivity index (χ1) is 9.66. The van der Waals surface area contributed by atoms with Gasteiger partial charge >= 0.3 is 0 Å². The molecule has 2 aliphatic heterocycles. The van der Waals surface area contributed by atoms with Gasteiger partial charge in [-0.2, -0.15) is 0 Å². The van der Waals surface area contributed by atoms with Crippen LogP contribution in [0.1, 0.15) is 30.9 Å². The Hall–Kier alpha value is -0.770. The van der Waals surface area contributed by atoms with Crippen molar-refractivity contribution in [1.82, 2.24) is 5.32 Å². The number of benzene rings is 1. The van der Waals surface area contributed by atoms with Gasteiger partial charge in [0.15, 0.2) is 0 Å². The molecule has 1 saturated heterocycles. The highest BCUT2D eigenvalue weighted by molar-refractivity contribution is 6.30. The van der Waals surface area contributed by atoms with Gasteiger partial charge in [-0.15, -0.1) is 0 Å². The quantitative estimate of drug-likeness (QED) is 0.925. The van der Waals surface area contributed by atoms with E-state index in [9.17, 15) is 0 Å². The molecular weight excluding hydrogens is 274 g/mol. The molecule has 3 rings (SSSR count). The smallest absolute Gasteiger partial charge is 0.127 e. The average Bonchev–Trinajstić information content (AvgIpc) is 2.87.